The van der Waals surface area contributed by atoms with Gasteiger partial charge in [0.2, 0.25) is 11.5 Å². The zero-order valence-electron chi connectivity index (χ0n) is 13.9. The lowest BCUT2D eigenvalue weighted by atomic mass is 9.93. The highest BCUT2D eigenvalue weighted by atomic mass is 19.4. The van der Waals surface area contributed by atoms with Crippen molar-refractivity contribution in [3.8, 4) is 0 Å². The van der Waals surface area contributed by atoms with Crippen molar-refractivity contribution in [2.75, 3.05) is 6.54 Å². The first-order chi connectivity index (χ1) is 12.7. The number of oxazole rings is 1. The molecule has 0 saturated carbocycles. The molecular weight excluding hydrogens is 365 g/mol. The van der Waals surface area contributed by atoms with Gasteiger partial charge in [0.1, 0.15) is 6.54 Å². The molecule has 0 saturated heterocycles. The fourth-order valence-electron chi connectivity index (χ4n) is 2.67. The number of amides is 1. The largest absolute Gasteiger partial charge is 0.423 e. The predicted octanol–water partition coefficient (Wildman–Crippen LogP) is 2.16. The number of hydrogen-bond donors (Lipinski definition) is 2. The minimum absolute atomic E-state index is 0.256. The number of aromatic nitrogens is 1. The molecule has 2 N–H and O–H groups in total. The molecule has 3 rings (SSSR count). The summed E-state index contributed by atoms with van der Waals surface area (Å²) in [6, 6.07) is 12.8. The molecule has 9 heteroatoms. The average Bonchev–Trinajstić information content (AvgIpc) is 2.95. The van der Waals surface area contributed by atoms with E-state index in [0.717, 1.165) is 16.7 Å². The first-order valence-corrected chi connectivity index (χ1v) is 7.92. The Hall–Kier alpha value is -3.07. The van der Waals surface area contributed by atoms with Crippen molar-refractivity contribution in [1.29, 1.82) is 0 Å². The highest BCUT2D eigenvalue weighted by Crippen LogP contribution is 2.38. The Bertz CT molecular complexity index is 1010. The zero-order chi connectivity index (χ0) is 19.7. The van der Waals surface area contributed by atoms with Gasteiger partial charge in [0.15, 0.2) is 5.58 Å². The maximum absolute atomic E-state index is 13.4. The Labute approximate surface area is 150 Å². The van der Waals surface area contributed by atoms with Crippen LogP contribution >= 0.6 is 0 Å². The van der Waals surface area contributed by atoms with Gasteiger partial charge in [0.25, 0.3) is 0 Å². The van der Waals surface area contributed by atoms with Crippen molar-refractivity contribution in [3.05, 3.63) is 70.7 Å². The molecule has 0 aliphatic heterocycles. The highest BCUT2D eigenvalue weighted by molar-refractivity contribution is 5.79. The number of hydrogen-bond acceptors (Lipinski definition) is 4. The van der Waals surface area contributed by atoms with Crippen molar-refractivity contribution < 1.29 is 27.5 Å². The Morgan fingerprint density at radius 3 is 2.37 bits per heavy atom. The molecule has 2 aromatic carbocycles. The lowest BCUT2D eigenvalue weighted by Crippen LogP contribution is -2.51. The molecule has 1 aromatic heterocycles. The van der Waals surface area contributed by atoms with E-state index in [1.54, 1.807) is 18.2 Å². The van der Waals surface area contributed by atoms with Gasteiger partial charge >= 0.3 is 11.9 Å². The fourth-order valence-corrected chi connectivity index (χ4v) is 2.67. The van der Waals surface area contributed by atoms with E-state index in [1.807, 2.05) is 5.32 Å². The summed E-state index contributed by atoms with van der Waals surface area (Å²) in [7, 11) is 0. The number of fused-ring (bicyclic) bond motifs is 1. The first-order valence-electron chi connectivity index (χ1n) is 7.92. The van der Waals surface area contributed by atoms with Crippen LogP contribution in [0.2, 0.25) is 0 Å². The maximum atomic E-state index is 13.4. The first kappa shape index (κ1) is 18.7. The normalized spacial score (nSPS) is 14.1. The van der Waals surface area contributed by atoms with Crippen molar-refractivity contribution >= 4 is 17.0 Å². The number of carbonyl (C=O) groups is 1. The second-order valence-corrected chi connectivity index (χ2v) is 5.92. The molecule has 1 unspecified atom stereocenters. The van der Waals surface area contributed by atoms with E-state index in [2.05, 4.69) is 0 Å². The van der Waals surface area contributed by atoms with Crippen LogP contribution in [0.3, 0.4) is 0 Å². The van der Waals surface area contributed by atoms with Crippen LogP contribution in [0.1, 0.15) is 5.56 Å². The van der Waals surface area contributed by atoms with E-state index in [9.17, 15) is 27.9 Å². The minimum atomic E-state index is -5.01. The van der Waals surface area contributed by atoms with Gasteiger partial charge in [-0.3, -0.25) is 9.36 Å². The molecule has 0 bridgehead atoms. The molecule has 27 heavy (non-hydrogen) atoms. The van der Waals surface area contributed by atoms with Crippen molar-refractivity contribution in [2.24, 2.45) is 0 Å². The van der Waals surface area contributed by atoms with E-state index in [1.165, 1.54) is 24.3 Å². The van der Waals surface area contributed by atoms with E-state index < -0.39 is 42.1 Å². The monoisotopic (exact) mass is 380 g/mol. The van der Waals surface area contributed by atoms with Gasteiger partial charge in [-0.2, -0.15) is 13.2 Å². The molecule has 6 nitrogen and oxygen atoms in total. The van der Waals surface area contributed by atoms with Gasteiger partial charge in [0.05, 0.1) is 12.1 Å². The second-order valence-electron chi connectivity index (χ2n) is 5.92. The molecule has 3 aromatic rings. The number of para-hydroxylation sites is 2. The van der Waals surface area contributed by atoms with Crippen LogP contribution in [0.4, 0.5) is 13.2 Å². The van der Waals surface area contributed by atoms with Gasteiger partial charge < -0.3 is 14.8 Å². The highest BCUT2D eigenvalue weighted by Gasteiger charge is 2.55. The quantitative estimate of drug-likeness (QED) is 0.711. The molecule has 1 atom stereocenters. The molecule has 0 radical (unpaired) electrons. The van der Waals surface area contributed by atoms with Crippen LogP contribution in [-0.4, -0.2) is 28.3 Å². The van der Waals surface area contributed by atoms with Crippen LogP contribution in [0.25, 0.3) is 11.1 Å². The minimum Gasteiger partial charge on any atom is -0.408 e. The topological polar surface area (TPSA) is 84.5 Å². The average molecular weight is 380 g/mol. The molecule has 0 spiro atoms. The predicted molar refractivity (Wildman–Crippen MR) is 89.9 cm³/mol. The number of nitrogens with zero attached hydrogens (tertiary/aromatic N) is 1. The summed E-state index contributed by atoms with van der Waals surface area (Å²) in [5, 5.41) is 12.2. The summed E-state index contributed by atoms with van der Waals surface area (Å²) in [6.45, 7) is -1.64. The number of carbonyl (C=O) groups excluding carboxylic acids is 1. The molecule has 142 valence electrons. The van der Waals surface area contributed by atoms with Gasteiger partial charge in [-0.1, -0.05) is 42.5 Å². The Morgan fingerprint density at radius 1 is 1.07 bits per heavy atom. The van der Waals surface area contributed by atoms with Gasteiger partial charge in [-0.05, 0) is 17.7 Å². The van der Waals surface area contributed by atoms with Gasteiger partial charge in [-0.15, -0.1) is 0 Å². The molecule has 0 aliphatic carbocycles. The second kappa shape index (κ2) is 6.92. The zero-order valence-corrected chi connectivity index (χ0v) is 13.9. The number of rotatable bonds is 5. The van der Waals surface area contributed by atoms with Gasteiger partial charge in [-0.25, -0.2) is 4.79 Å². The third-order valence-electron chi connectivity index (χ3n) is 4.14. The van der Waals surface area contributed by atoms with Crippen LogP contribution in [0.15, 0.2) is 63.8 Å². The lowest BCUT2D eigenvalue weighted by molar-refractivity contribution is -0.264. The van der Waals surface area contributed by atoms with E-state index >= 15 is 0 Å². The van der Waals surface area contributed by atoms with Crippen LogP contribution in [0.5, 0.6) is 0 Å². The maximum Gasteiger partial charge on any atom is 0.423 e. The summed E-state index contributed by atoms with van der Waals surface area (Å²) >= 11 is 0. The molecule has 1 amide bonds. The van der Waals surface area contributed by atoms with E-state index in [-0.39, 0.29) is 5.58 Å². The molecule has 1 heterocycles. The summed E-state index contributed by atoms with van der Waals surface area (Å²) in [4.78, 5) is 24.0. The number of halogens is 3. The molecule has 0 aliphatic rings. The summed E-state index contributed by atoms with van der Waals surface area (Å²) in [5.74, 6) is -1.68. The standard InChI is InChI=1S/C18H15F3N2O4/c19-18(20,21)17(26,12-6-2-1-3-7-12)11-22-15(24)10-23-13-8-4-5-9-14(13)27-16(23)25/h1-9,26H,10-11H2,(H,22,24). The Morgan fingerprint density at radius 2 is 1.70 bits per heavy atom. The number of alkyl halides is 3. The molecular formula is C18H15F3N2O4. The number of benzene rings is 2. The lowest BCUT2D eigenvalue weighted by Gasteiger charge is -2.31. The third kappa shape index (κ3) is 3.59. The van der Waals surface area contributed by atoms with Crippen molar-refractivity contribution in [1.82, 2.24) is 9.88 Å². The van der Waals surface area contributed by atoms with Gasteiger partial charge in [0, 0.05) is 0 Å². The summed E-state index contributed by atoms with van der Waals surface area (Å²) in [5.41, 5.74) is -3.06. The van der Waals surface area contributed by atoms with Crippen LogP contribution in [-0.2, 0) is 16.9 Å². The van der Waals surface area contributed by atoms with Crippen LogP contribution < -0.4 is 11.1 Å². The number of aliphatic hydroxyl groups is 1. The summed E-state index contributed by atoms with van der Waals surface area (Å²) < 4.78 is 46.2. The van der Waals surface area contributed by atoms with E-state index in [4.69, 9.17) is 4.42 Å². The van der Waals surface area contributed by atoms with Crippen LogP contribution in [0, 0.1) is 0 Å². The Kier molecular flexibility index (Phi) is 4.79. The number of nitrogens with one attached hydrogen (secondary N) is 1. The fraction of sp³-hybridized carbons (Fsp3) is 0.222. The smallest absolute Gasteiger partial charge is 0.408 e. The van der Waals surface area contributed by atoms with Crippen molar-refractivity contribution in [3.63, 3.8) is 0 Å². The third-order valence-corrected chi connectivity index (χ3v) is 4.14. The Balaban J connectivity index is 1.79. The van der Waals surface area contributed by atoms with E-state index in [0.29, 0.717) is 5.52 Å². The SMILES string of the molecule is O=C(Cn1c(=O)oc2ccccc21)NCC(O)(c1ccccc1)C(F)(F)F. The summed E-state index contributed by atoms with van der Waals surface area (Å²) in [6.07, 6.45) is -5.01. The molecule has 0 fully saturated rings. The van der Waals surface area contributed by atoms with Crippen molar-refractivity contribution in [2.45, 2.75) is 18.3 Å².